The van der Waals surface area contributed by atoms with Gasteiger partial charge in [0.15, 0.2) is 0 Å². The molecule has 2 rings (SSSR count). The van der Waals surface area contributed by atoms with Gasteiger partial charge in [0.25, 0.3) is 0 Å². The molecule has 4 nitrogen and oxygen atoms in total. The summed E-state index contributed by atoms with van der Waals surface area (Å²) >= 11 is 0. The predicted molar refractivity (Wildman–Crippen MR) is 68.5 cm³/mol. The quantitative estimate of drug-likeness (QED) is 0.811. The van der Waals surface area contributed by atoms with E-state index in [9.17, 15) is 4.79 Å². The summed E-state index contributed by atoms with van der Waals surface area (Å²) in [5.41, 5.74) is 1.16. The first kappa shape index (κ1) is 12.9. The van der Waals surface area contributed by atoms with Gasteiger partial charge in [0, 0.05) is 11.6 Å². The number of hydrogen-bond donors (Lipinski definition) is 1. The molecule has 0 bridgehead atoms. The topological polar surface area (TPSA) is 47.6 Å². The molecule has 0 amide bonds. The van der Waals surface area contributed by atoms with Crippen LogP contribution in [0.3, 0.4) is 0 Å². The van der Waals surface area contributed by atoms with Gasteiger partial charge in [-0.05, 0) is 19.9 Å². The van der Waals surface area contributed by atoms with Gasteiger partial charge >= 0.3 is 5.97 Å². The van der Waals surface area contributed by atoms with E-state index < -0.39 is 0 Å². The molecule has 0 saturated carbocycles. The lowest BCUT2D eigenvalue weighted by molar-refractivity contribution is -0.143. The van der Waals surface area contributed by atoms with E-state index >= 15 is 0 Å². The lowest BCUT2D eigenvalue weighted by Crippen LogP contribution is -2.33. The molecule has 1 heterocycles. The number of carbonyl (C=O) groups excluding carboxylic acids is 1. The normalized spacial score (nSPS) is 18.9. The number of rotatable bonds is 5. The van der Waals surface area contributed by atoms with Gasteiger partial charge in [-0.1, -0.05) is 18.2 Å². The molecule has 1 aliphatic heterocycles. The number of para-hydroxylation sites is 1. The summed E-state index contributed by atoms with van der Waals surface area (Å²) in [6, 6.07) is 8.21. The van der Waals surface area contributed by atoms with Gasteiger partial charge in [0.1, 0.15) is 12.4 Å². The Kier molecular flexibility index (Phi) is 4.20. The van der Waals surface area contributed by atoms with Crippen LogP contribution < -0.4 is 10.1 Å². The molecule has 2 unspecified atom stereocenters. The number of nitrogens with one attached hydrogen (secondary N) is 1. The van der Waals surface area contributed by atoms with Crippen molar-refractivity contribution in [1.82, 2.24) is 5.32 Å². The maximum atomic E-state index is 11.4. The van der Waals surface area contributed by atoms with E-state index in [4.69, 9.17) is 9.47 Å². The number of esters is 1. The van der Waals surface area contributed by atoms with Gasteiger partial charge < -0.3 is 14.8 Å². The highest BCUT2D eigenvalue weighted by Crippen LogP contribution is 2.31. The summed E-state index contributed by atoms with van der Waals surface area (Å²) in [5.74, 6) is 0.767. The second kappa shape index (κ2) is 5.87. The summed E-state index contributed by atoms with van der Waals surface area (Å²) in [6.07, 6.45) is 0.381. The first-order valence-electron chi connectivity index (χ1n) is 6.34. The van der Waals surface area contributed by atoms with E-state index in [0.717, 1.165) is 11.3 Å². The van der Waals surface area contributed by atoms with Crippen molar-refractivity contribution in [3.8, 4) is 5.75 Å². The van der Waals surface area contributed by atoms with Crippen LogP contribution in [0.1, 0.15) is 31.9 Å². The molecular weight excluding hydrogens is 230 g/mol. The average molecular weight is 249 g/mol. The first-order chi connectivity index (χ1) is 8.70. The zero-order valence-corrected chi connectivity index (χ0v) is 10.8. The van der Waals surface area contributed by atoms with E-state index in [1.165, 1.54) is 0 Å². The van der Waals surface area contributed by atoms with Crippen molar-refractivity contribution in [2.24, 2.45) is 0 Å². The minimum absolute atomic E-state index is 0.0730. The maximum Gasteiger partial charge on any atom is 0.307 e. The zero-order chi connectivity index (χ0) is 13.0. The monoisotopic (exact) mass is 249 g/mol. The lowest BCUT2D eigenvalue weighted by atomic mass is 10.1. The summed E-state index contributed by atoms with van der Waals surface area (Å²) in [5, 5.41) is 3.40. The van der Waals surface area contributed by atoms with E-state index in [0.29, 0.717) is 19.6 Å². The lowest BCUT2D eigenvalue weighted by Gasteiger charge is -2.17. The zero-order valence-electron chi connectivity index (χ0n) is 10.8. The minimum Gasteiger partial charge on any atom is -0.491 e. The van der Waals surface area contributed by atoms with Gasteiger partial charge in [0.05, 0.1) is 19.1 Å². The molecule has 2 atom stereocenters. The smallest absolute Gasteiger partial charge is 0.307 e. The third-order valence-corrected chi connectivity index (χ3v) is 2.96. The van der Waals surface area contributed by atoms with Crippen LogP contribution in [0.15, 0.2) is 24.3 Å². The first-order valence-corrected chi connectivity index (χ1v) is 6.34. The van der Waals surface area contributed by atoms with E-state index in [1.807, 2.05) is 32.0 Å². The Hall–Kier alpha value is -1.55. The van der Waals surface area contributed by atoms with Crippen LogP contribution in [-0.2, 0) is 9.53 Å². The van der Waals surface area contributed by atoms with E-state index in [-0.39, 0.29) is 18.1 Å². The van der Waals surface area contributed by atoms with E-state index in [2.05, 4.69) is 11.4 Å². The van der Waals surface area contributed by atoms with Crippen LogP contribution in [0.4, 0.5) is 0 Å². The Morgan fingerprint density at radius 3 is 3.11 bits per heavy atom. The van der Waals surface area contributed by atoms with Crippen molar-refractivity contribution in [3.63, 3.8) is 0 Å². The molecule has 1 aromatic carbocycles. The Balaban J connectivity index is 1.89. The van der Waals surface area contributed by atoms with Crippen molar-refractivity contribution >= 4 is 5.97 Å². The molecule has 0 fully saturated rings. The van der Waals surface area contributed by atoms with Crippen LogP contribution in [0.5, 0.6) is 5.75 Å². The van der Waals surface area contributed by atoms with Gasteiger partial charge in [-0.15, -0.1) is 0 Å². The predicted octanol–water partition coefficient (Wildman–Crippen LogP) is 2.05. The summed E-state index contributed by atoms with van der Waals surface area (Å²) in [6.45, 7) is 4.85. The Morgan fingerprint density at radius 1 is 1.56 bits per heavy atom. The minimum atomic E-state index is -0.162. The van der Waals surface area contributed by atoms with Crippen molar-refractivity contribution in [2.45, 2.75) is 32.4 Å². The molecule has 0 aliphatic carbocycles. The van der Waals surface area contributed by atoms with Crippen molar-refractivity contribution < 1.29 is 14.3 Å². The molecule has 1 N–H and O–H groups in total. The molecule has 4 heteroatoms. The van der Waals surface area contributed by atoms with Crippen LogP contribution in [-0.4, -0.2) is 25.2 Å². The van der Waals surface area contributed by atoms with Gasteiger partial charge in [-0.2, -0.15) is 0 Å². The average Bonchev–Trinajstić information content (AvgIpc) is 2.73. The fraction of sp³-hybridized carbons (Fsp3) is 0.500. The van der Waals surface area contributed by atoms with Crippen LogP contribution in [0, 0.1) is 0 Å². The van der Waals surface area contributed by atoms with Crippen LogP contribution in [0.2, 0.25) is 0 Å². The molecule has 0 radical (unpaired) electrons. The van der Waals surface area contributed by atoms with Crippen LogP contribution in [0.25, 0.3) is 0 Å². The standard InChI is InChI=1S/C14H19NO3/c1-3-17-14(16)8-10(2)15-12-9-18-13-7-5-4-6-11(12)13/h4-7,10,12,15H,3,8-9H2,1-2H3. The Morgan fingerprint density at radius 2 is 2.33 bits per heavy atom. The van der Waals surface area contributed by atoms with Gasteiger partial charge in [0.2, 0.25) is 0 Å². The SMILES string of the molecule is CCOC(=O)CC(C)NC1COc2ccccc21. The fourth-order valence-corrected chi connectivity index (χ4v) is 2.17. The Bertz CT molecular complexity index is 419. The molecule has 1 aromatic rings. The molecule has 0 saturated heterocycles. The molecule has 98 valence electrons. The third-order valence-electron chi connectivity index (χ3n) is 2.96. The van der Waals surface area contributed by atoms with Gasteiger partial charge in [-0.3, -0.25) is 4.79 Å². The molecule has 0 aromatic heterocycles. The molecular formula is C14H19NO3. The highest BCUT2D eigenvalue weighted by Gasteiger charge is 2.25. The van der Waals surface area contributed by atoms with Crippen molar-refractivity contribution in [1.29, 1.82) is 0 Å². The number of benzene rings is 1. The molecule has 1 aliphatic rings. The largest absolute Gasteiger partial charge is 0.491 e. The Labute approximate surface area is 107 Å². The highest BCUT2D eigenvalue weighted by molar-refractivity contribution is 5.70. The van der Waals surface area contributed by atoms with Crippen LogP contribution >= 0.6 is 0 Å². The van der Waals surface area contributed by atoms with Crippen molar-refractivity contribution in [3.05, 3.63) is 29.8 Å². The number of ether oxygens (including phenoxy) is 2. The summed E-state index contributed by atoms with van der Waals surface area (Å²) in [4.78, 5) is 11.4. The molecule has 18 heavy (non-hydrogen) atoms. The fourth-order valence-electron chi connectivity index (χ4n) is 2.17. The summed E-state index contributed by atoms with van der Waals surface area (Å²) in [7, 11) is 0. The summed E-state index contributed by atoms with van der Waals surface area (Å²) < 4.78 is 10.5. The maximum absolute atomic E-state index is 11.4. The third kappa shape index (κ3) is 3.01. The van der Waals surface area contributed by atoms with E-state index in [1.54, 1.807) is 0 Å². The second-order valence-corrected chi connectivity index (χ2v) is 4.48. The second-order valence-electron chi connectivity index (χ2n) is 4.48. The van der Waals surface area contributed by atoms with Gasteiger partial charge in [-0.25, -0.2) is 0 Å². The number of carbonyl (C=O) groups is 1. The highest BCUT2D eigenvalue weighted by atomic mass is 16.5. The van der Waals surface area contributed by atoms with Crippen molar-refractivity contribution in [2.75, 3.05) is 13.2 Å². The number of hydrogen-bond acceptors (Lipinski definition) is 4. The molecule has 0 spiro atoms. The number of fused-ring (bicyclic) bond motifs is 1.